The average molecular weight is 457 g/mol. The molecular formula is C22H24N4O5S. The third-order valence-corrected chi connectivity index (χ3v) is 5.69. The Labute approximate surface area is 190 Å². The number of aromatic nitrogens is 3. The standard InChI is InChI=1S/C22H24N4O5S/c1-13(27)14-6-8-16(9-7-14)23-19(28)12-32-22-25-24-21(26(22)2)15-10-17(29-3)20(31-5)18(11-15)30-4/h6-11H,12H2,1-5H3,(H,23,28). The molecule has 0 saturated carbocycles. The number of rotatable bonds is 9. The van der Waals surface area contributed by atoms with Gasteiger partial charge in [0.05, 0.1) is 27.1 Å². The molecule has 0 fully saturated rings. The molecular weight excluding hydrogens is 432 g/mol. The van der Waals surface area contributed by atoms with Gasteiger partial charge in [0.1, 0.15) is 0 Å². The molecule has 0 atom stereocenters. The van der Waals surface area contributed by atoms with E-state index in [1.165, 1.54) is 18.7 Å². The number of nitrogens with zero attached hydrogens (tertiary/aromatic N) is 3. The van der Waals surface area contributed by atoms with Crippen molar-refractivity contribution in [1.29, 1.82) is 0 Å². The van der Waals surface area contributed by atoms with E-state index < -0.39 is 0 Å². The van der Waals surface area contributed by atoms with Crippen molar-refractivity contribution in [3.63, 3.8) is 0 Å². The van der Waals surface area contributed by atoms with E-state index in [0.717, 1.165) is 5.56 Å². The van der Waals surface area contributed by atoms with Gasteiger partial charge >= 0.3 is 0 Å². The van der Waals surface area contributed by atoms with Crippen molar-refractivity contribution in [3.05, 3.63) is 42.0 Å². The maximum atomic E-state index is 12.3. The Kier molecular flexibility index (Phi) is 7.37. The first-order valence-corrected chi connectivity index (χ1v) is 10.6. The molecule has 1 amide bonds. The first kappa shape index (κ1) is 23.1. The third-order valence-electron chi connectivity index (χ3n) is 4.67. The summed E-state index contributed by atoms with van der Waals surface area (Å²) in [6, 6.07) is 10.3. The van der Waals surface area contributed by atoms with Gasteiger partial charge in [0.2, 0.25) is 11.7 Å². The molecule has 1 N–H and O–H groups in total. The summed E-state index contributed by atoms with van der Waals surface area (Å²) < 4.78 is 18.0. The molecule has 0 saturated heterocycles. The Morgan fingerprint density at radius 1 is 1.00 bits per heavy atom. The zero-order chi connectivity index (χ0) is 23.3. The van der Waals surface area contributed by atoms with E-state index >= 15 is 0 Å². The van der Waals surface area contributed by atoms with Crippen molar-refractivity contribution in [1.82, 2.24) is 14.8 Å². The number of anilines is 1. The number of amides is 1. The van der Waals surface area contributed by atoms with Gasteiger partial charge in [-0.2, -0.15) is 0 Å². The fourth-order valence-electron chi connectivity index (χ4n) is 3.02. The lowest BCUT2D eigenvalue weighted by atomic mass is 10.1. The lowest BCUT2D eigenvalue weighted by Gasteiger charge is -2.14. The van der Waals surface area contributed by atoms with Crippen LogP contribution in [0.15, 0.2) is 41.6 Å². The molecule has 0 aliphatic carbocycles. The van der Waals surface area contributed by atoms with E-state index in [1.54, 1.807) is 62.3 Å². The second-order valence-electron chi connectivity index (χ2n) is 6.75. The Bertz CT molecular complexity index is 1100. The minimum atomic E-state index is -0.192. The van der Waals surface area contributed by atoms with E-state index in [4.69, 9.17) is 14.2 Å². The number of hydrogen-bond donors (Lipinski definition) is 1. The summed E-state index contributed by atoms with van der Waals surface area (Å²) in [6.07, 6.45) is 0. The number of carbonyl (C=O) groups excluding carboxylic acids is 2. The van der Waals surface area contributed by atoms with Crippen molar-refractivity contribution in [2.24, 2.45) is 7.05 Å². The largest absolute Gasteiger partial charge is 0.493 e. The fraction of sp³-hybridized carbons (Fsp3) is 0.273. The van der Waals surface area contributed by atoms with Crippen LogP contribution in [0.1, 0.15) is 17.3 Å². The van der Waals surface area contributed by atoms with Gasteiger partial charge in [-0.25, -0.2) is 0 Å². The molecule has 2 aromatic carbocycles. The number of hydrogen-bond acceptors (Lipinski definition) is 8. The summed E-state index contributed by atoms with van der Waals surface area (Å²) in [7, 11) is 6.45. The van der Waals surface area contributed by atoms with Gasteiger partial charge in [-0.15, -0.1) is 10.2 Å². The van der Waals surface area contributed by atoms with Gasteiger partial charge in [-0.05, 0) is 43.3 Å². The van der Waals surface area contributed by atoms with Crippen LogP contribution in [0.5, 0.6) is 17.2 Å². The number of ether oxygens (including phenoxy) is 3. The van der Waals surface area contributed by atoms with Crippen molar-refractivity contribution in [2.45, 2.75) is 12.1 Å². The van der Waals surface area contributed by atoms with Crippen molar-refractivity contribution >= 4 is 29.1 Å². The van der Waals surface area contributed by atoms with Crippen molar-refractivity contribution in [2.75, 3.05) is 32.4 Å². The molecule has 168 valence electrons. The summed E-state index contributed by atoms with van der Waals surface area (Å²) in [5.74, 6) is 2.03. The van der Waals surface area contributed by atoms with Crippen LogP contribution < -0.4 is 19.5 Å². The van der Waals surface area contributed by atoms with E-state index in [1.807, 2.05) is 7.05 Å². The van der Waals surface area contributed by atoms with Crippen LogP contribution >= 0.6 is 11.8 Å². The molecule has 0 bridgehead atoms. The molecule has 0 aliphatic heterocycles. The van der Waals surface area contributed by atoms with Gasteiger partial charge in [0, 0.05) is 23.9 Å². The molecule has 1 aromatic heterocycles. The highest BCUT2D eigenvalue weighted by molar-refractivity contribution is 7.99. The van der Waals surface area contributed by atoms with Crippen LogP contribution in [-0.2, 0) is 11.8 Å². The average Bonchev–Trinajstić information content (AvgIpc) is 3.17. The van der Waals surface area contributed by atoms with Crippen LogP contribution in [0.25, 0.3) is 11.4 Å². The molecule has 3 rings (SSSR count). The zero-order valence-electron chi connectivity index (χ0n) is 18.5. The maximum Gasteiger partial charge on any atom is 0.234 e. The predicted molar refractivity (Wildman–Crippen MR) is 122 cm³/mol. The summed E-state index contributed by atoms with van der Waals surface area (Å²) in [5, 5.41) is 11.8. The van der Waals surface area contributed by atoms with Crippen LogP contribution in [0, 0.1) is 0 Å². The Morgan fingerprint density at radius 2 is 1.62 bits per heavy atom. The fourth-order valence-corrected chi connectivity index (χ4v) is 3.73. The highest BCUT2D eigenvalue weighted by Crippen LogP contribution is 2.41. The lowest BCUT2D eigenvalue weighted by molar-refractivity contribution is -0.113. The van der Waals surface area contributed by atoms with Crippen molar-refractivity contribution in [3.8, 4) is 28.6 Å². The van der Waals surface area contributed by atoms with Crippen molar-refractivity contribution < 1.29 is 23.8 Å². The van der Waals surface area contributed by atoms with Gasteiger partial charge in [-0.3, -0.25) is 9.59 Å². The van der Waals surface area contributed by atoms with Crippen LogP contribution in [0.2, 0.25) is 0 Å². The van der Waals surface area contributed by atoms with E-state index in [2.05, 4.69) is 15.5 Å². The second-order valence-corrected chi connectivity index (χ2v) is 7.69. The summed E-state index contributed by atoms with van der Waals surface area (Å²) >= 11 is 1.26. The quantitative estimate of drug-likeness (QED) is 0.386. The number of benzene rings is 2. The molecule has 1 heterocycles. The molecule has 32 heavy (non-hydrogen) atoms. The first-order chi connectivity index (χ1) is 15.4. The van der Waals surface area contributed by atoms with Crippen LogP contribution in [0.3, 0.4) is 0 Å². The van der Waals surface area contributed by atoms with Crippen LogP contribution in [-0.4, -0.2) is 53.5 Å². The molecule has 10 heteroatoms. The molecule has 0 unspecified atom stereocenters. The second kappa shape index (κ2) is 10.2. The van der Waals surface area contributed by atoms with Gasteiger partial charge in [0.25, 0.3) is 0 Å². The van der Waals surface area contributed by atoms with E-state index in [-0.39, 0.29) is 17.4 Å². The molecule has 0 spiro atoms. The summed E-state index contributed by atoms with van der Waals surface area (Å²) in [5.41, 5.74) is 1.95. The van der Waals surface area contributed by atoms with E-state index in [0.29, 0.717) is 39.5 Å². The predicted octanol–water partition coefficient (Wildman–Crippen LogP) is 3.44. The third kappa shape index (κ3) is 5.02. The topological polar surface area (TPSA) is 105 Å². The molecule has 0 aliphatic rings. The lowest BCUT2D eigenvalue weighted by Crippen LogP contribution is -2.14. The monoisotopic (exact) mass is 456 g/mol. The number of methoxy groups -OCH3 is 3. The normalized spacial score (nSPS) is 10.5. The first-order valence-electron chi connectivity index (χ1n) is 9.61. The Morgan fingerprint density at radius 3 is 2.16 bits per heavy atom. The highest BCUT2D eigenvalue weighted by atomic mass is 32.2. The number of Topliss-reactive ketones (excluding diaryl/α,β-unsaturated/α-hetero) is 1. The zero-order valence-corrected chi connectivity index (χ0v) is 19.3. The SMILES string of the molecule is COc1cc(-c2nnc(SCC(=O)Nc3ccc(C(C)=O)cc3)n2C)cc(OC)c1OC. The maximum absolute atomic E-state index is 12.3. The van der Waals surface area contributed by atoms with E-state index in [9.17, 15) is 9.59 Å². The summed E-state index contributed by atoms with van der Waals surface area (Å²) in [6.45, 7) is 1.50. The highest BCUT2D eigenvalue weighted by Gasteiger charge is 2.19. The Balaban J connectivity index is 1.71. The van der Waals surface area contributed by atoms with Crippen LogP contribution in [0.4, 0.5) is 5.69 Å². The number of nitrogens with one attached hydrogen (secondary N) is 1. The molecule has 9 nitrogen and oxygen atoms in total. The van der Waals surface area contributed by atoms with Gasteiger partial charge < -0.3 is 24.1 Å². The summed E-state index contributed by atoms with van der Waals surface area (Å²) in [4.78, 5) is 23.7. The Hall–Kier alpha value is -3.53. The van der Waals surface area contributed by atoms with Gasteiger partial charge in [-0.1, -0.05) is 11.8 Å². The minimum absolute atomic E-state index is 0.0244. The number of thioether (sulfide) groups is 1. The molecule has 3 aromatic rings. The number of carbonyl (C=O) groups is 2. The smallest absolute Gasteiger partial charge is 0.234 e. The minimum Gasteiger partial charge on any atom is -0.493 e. The van der Waals surface area contributed by atoms with Gasteiger partial charge in [0.15, 0.2) is 28.3 Å². The molecule has 0 radical (unpaired) electrons. The number of ketones is 1.